The summed E-state index contributed by atoms with van der Waals surface area (Å²) < 4.78 is 0. The molecule has 1 aromatic rings. The van der Waals surface area contributed by atoms with Crippen LogP contribution in [0.3, 0.4) is 0 Å². The summed E-state index contributed by atoms with van der Waals surface area (Å²) in [4.78, 5) is 11.1. The minimum atomic E-state index is -0.384. The molecule has 5 heteroatoms. The van der Waals surface area contributed by atoms with E-state index in [4.69, 9.17) is 0 Å². The highest BCUT2D eigenvalue weighted by atomic mass is 16.3. The van der Waals surface area contributed by atoms with Crippen LogP contribution in [0.5, 0.6) is 0 Å². The molecule has 0 saturated heterocycles. The smallest absolute Gasteiger partial charge is 0.137 e. The molecule has 1 heterocycles. The van der Waals surface area contributed by atoms with Gasteiger partial charge in [-0.15, -0.1) is 0 Å². The van der Waals surface area contributed by atoms with Gasteiger partial charge in [0, 0.05) is 32.1 Å². The summed E-state index contributed by atoms with van der Waals surface area (Å²) in [5, 5.41) is 12.6. The Morgan fingerprint density at radius 1 is 1.28 bits per heavy atom. The van der Waals surface area contributed by atoms with E-state index in [0.29, 0.717) is 6.54 Å². The zero-order chi connectivity index (χ0) is 13.9. The van der Waals surface area contributed by atoms with Gasteiger partial charge in [0.2, 0.25) is 0 Å². The Kier molecular flexibility index (Phi) is 4.90. The highest BCUT2D eigenvalue weighted by molar-refractivity contribution is 5.58. The van der Waals surface area contributed by atoms with Crippen molar-refractivity contribution in [3.05, 3.63) is 11.4 Å². The molecule has 102 valence electrons. The molecule has 1 atom stereocenters. The number of rotatable bonds is 5. The lowest BCUT2D eigenvalue weighted by Gasteiger charge is -2.23. The second kappa shape index (κ2) is 6.00. The van der Waals surface area contributed by atoms with Gasteiger partial charge in [0.15, 0.2) is 0 Å². The Bertz CT molecular complexity index is 404. The van der Waals surface area contributed by atoms with E-state index in [-0.39, 0.29) is 12.0 Å². The Labute approximate surface area is 109 Å². The molecule has 0 fully saturated rings. The normalized spacial score (nSPS) is 12.7. The van der Waals surface area contributed by atoms with Crippen LogP contribution in [0.4, 0.5) is 11.6 Å². The van der Waals surface area contributed by atoms with Crippen molar-refractivity contribution >= 4 is 11.6 Å². The third kappa shape index (κ3) is 3.32. The summed E-state index contributed by atoms with van der Waals surface area (Å²) in [6, 6.07) is 0. The van der Waals surface area contributed by atoms with Gasteiger partial charge in [-0.3, -0.25) is 0 Å². The molecule has 0 saturated carbocycles. The first-order valence-electron chi connectivity index (χ1n) is 6.32. The van der Waals surface area contributed by atoms with Crippen LogP contribution in [0.25, 0.3) is 0 Å². The van der Waals surface area contributed by atoms with Crippen LogP contribution in [0.2, 0.25) is 0 Å². The quantitative estimate of drug-likeness (QED) is 0.836. The molecular weight excluding hydrogens is 228 g/mol. The SMILES string of the molecule is CNc1nc(C(C)C)nc(N(C)CC(C)O)c1C. The molecule has 1 aromatic heterocycles. The molecule has 1 unspecified atom stereocenters. The Morgan fingerprint density at radius 3 is 2.33 bits per heavy atom. The number of aliphatic hydroxyl groups excluding tert-OH is 1. The van der Waals surface area contributed by atoms with Crippen LogP contribution >= 0.6 is 0 Å². The van der Waals surface area contributed by atoms with E-state index in [1.54, 1.807) is 6.92 Å². The number of anilines is 2. The van der Waals surface area contributed by atoms with Crippen LogP contribution in [-0.4, -0.2) is 41.8 Å². The van der Waals surface area contributed by atoms with E-state index >= 15 is 0 Å². The van der Waals surface area contributed by atoms with E-state index in [9.17, 15) is 5.11 Å². The summed E-state index contributed by atoms with van der Waals surface area (Å²) in [6.45, 7) is 8.46. The van der Waals surface area contributed by atoms with E-state index in [2.05, 4.69) is 29.1 Å². The van der Waals surface area contributed by atoms with Crippen molar-refractivity contribution < 1.29 is 5.11 Å². The van der Waals surface area contributed by atoms with E-state index in [0.717, 1.165) is 23.0 Å². The van der Waals surface area contributed by atoms with Gasteiger partial charge in [-0.1, -0.05) is 13.8 Å². The number of hydrogen-bond acceptors (Lipinski definition) is 5. The van der Waals surface area contributed by atoms with Gasteiger partial charge in [-0.25, -0.2) is 9.97 Å². The number of nitrogens with zero attached hydrogens (tertiary/aromatic N) is 3. The fraction of sp³-hybridized carbons (Fsp3) is 0.692. The molecular formula is C13H24N4O. The Hall–Kier alpha value is -1.36. The van der Waals surface area contributed by atoms with Gasteiger partial charge < -0.3 is 15.3 Å². The monoisotopic (exact) mass is 252 g/mol. The number of likely N-dealkylation sites (N-methyl/N-ethyl adjacent to an activating group) is 1. The maximum atomic E-state index is 9.48. The second-order valence-corrected chi connectivity index (χ2v) is 5.01. The average molecular weight is 252 g/mol. The molecule has 0 amide bonds. The predicted molar refractivity (Wildman–Crippen MR) is 75.4 cm³/mol. The number of hydrogen-bond donors (Lipinski definition) is 2. The van der Waals surface area contributed by atoms with E-state index in [1.165, 1.54) is 0 Å². The van der Waals surface area contributed by atoms with Gasteiger partial charge in [-0.2, -0.15) is 0 Å². The molecule has 0 aliphatic heterocycles. The standard InChI is InChI=1S/C13H24N4O/c1-8(2)11-15-12(14-5)10(4)13(16-11)17(6)7-9(3)18/h8-9,18H,7H2,1-6H3,(H,14,15,16). The number of nitrogens with one attached hydrogen (secondary N) is 1. The topological polar surface area (TPSA) is 61.3 Å². The van der Waals surface area contributed by atoms with Crippen LogP contribution < -0.4 is 10.2 Å². The lowest BCUT2D eigenvalue weighted by molar-refractivity contribution is 0.201. The first kappa shape index (κ1) is 14.7. The van der Waals surface area contributed by atoms with Crippen LogP contribution in [0, 0.1) is 6.92 Å². The molecule has 18 heavy (non-hydrogen) atoms. The minimum Gasteiger partial charge on any atom is -0.392 e. The van der Waals surface area contributed by atoms with E-state index in [1.807, 2.05) is 25.9 Å². The van der Waals surface area contributed by atoms with Crippen molar-refractivity contribution in [1.82, 2.24) is 9.97 Å². The number of aliphatic hydroxyl groups is 1. The molecule has 0 spiro atoms. The van der Waals surface area contributed by atoms with Crippen LogP contribution in [-0.2, 0) is 0 Å². The first-order valence-corrected chi connectivity index (χ1v) is 6.32. The molecule has 0 radical (unpaired) electrons. The van der Waals surface area contributed by atoms with Crippen molar-refractivity contribution in [2.45, 2.75) is 39.7 Å². The molecule has 0 aromatic carbocycles. The lowest BCUT2D eigenvalue weighted by atomic mass is 10.2. The number of aromatic nitrogens is 2. The molecule has 0 aliphatic rings. The first-order chi connectivity index (χ1) is 8.36. The summed E-state index contributed by atoms with van der Waals surface area (Å²) in [6.07, 6.45) is -0.384. The highest BCUT2D eigenvalue weighted by Gasteiger charge is 2.16. The van der Waals surface area contributed by atoms with E-state index < -0.39 is 0 Å². The molecule has 5 nitrogen and oxygen atoms in total. The molecule has 1 rings (SSSR count). The molecule has 2 N–H and O–H groups in total. The second-order valence-electron chi connectivity index (χ2n) is 5.01. The van der Waals surface area contributed by atoms with Crippen LogP contribution in [0.15, 0.2) is 0 Å². The maximum Gasteiger partial charge on any atom is 0.137 e. The Balaban J connectivity index is 3.20. The average Bonchev–Trinajstić information content (AvgIpc) is 2.27. The van der Waals surface area contributed by atoms with Crippen molar-refractivity contribution in [2.24, 2.45) is 0 Å². The highest BCUT2D eigenvalue weighted by Crippen LogP contribution is 2.25. The Morgan fingerprint density at radius 2 is 1.89 bits per heavy atom. The minimum absolute atomic E-state index is 0.274. The van der Waals surface area contributed by atoms with Crippen molar-refractivity contribution in [3.8, 4) is 0 Å². The van der Waals surface area contributed by atoms with Crippen molar-refractivity contribution in [3.63, 3.8) is 0 Å². The summed E-state index contributed by atoms with van der Waals surface area (Å²) in [5.41, 5.74) is 1.00. The fourth-order valence-corrected chi connectivity index (χ4v) is 1.88. The van der Waals surface area contributed by atoms with Gasteiger partial charge in [0.25, 0.3) is 0 Å². The predicted octanol–water partition coefficient (Wildman–Crippen LogP) is 1.77. The largest absolute Gasteiger partial charge is 0.392 e. The zero-order valence-electron chi connectivity index (χ0n) is 12.2. The summed E-state index contributed by atoms with van der Waals surface area (Å²) in [5.74, 6) is 2.81. The van der Waals surface area contributed by atoms with Crippen molar-refractivity contribution in [1.29, 1.82) is 0 Å². The summed E-state index contributed by atoms with van der Waals surface area (Å²) in [7, 11) is 3.80. The third-order valence-corrected chi connectivity index (χ3v) is 2.79. The van der Waals surface area contributed by atoms with Gasteiger partial charge in [-0.05, 0) is 13.8 Å². The zero-order valence-corrected chi connectivity index (χ0v) is 12.2. The van der Waals surface area contributed by atoms with Crippen LogP contribution in [0.1, 0.15) is 38.1 Å². The lowest BCUT2D eigenvalue weighted by Crippen LogP contribution is -2.29. The molecule has 0 bridgehead atoms. The molecule has 0 aliphatic carbocycles. The van der Waals surface area contributed by atoms with Gasteiger partial charge in [0.05, 0.1) is 6.10 Å². The third-order valence-electron chi connectivity index (χ3n) is 2.79. The summed E-state index contributed by atoms with van der Waals surface area (Å²) >= 11 is 0. The fourth-order valence-electron chi connectivity index (χ4n) is 1.88. The van der Waals surface area contributed by atoms with Gasteiger partial charge in [0.1, 0.15) is 17.5 Å². The van der Waals surface area contributed by atoms with Crippen molar-refractivity contribution in [2.75, 3.05) is 30.9 Å². The van der Waals surface area contributed by atoms with Gasteiger partial charge >= 0.3 is 0 Å². The maximum absolute atomic E-state index is 9.48.